The molecule has 0 saturated carbocycles. The third kappa shape index (κ3) is 3.27. The minimum absolute atomic E-state index is 0.00465. The molecule has 0 saturated heterocycles. The first-order chi connectivity index (χ1) is 8.66. The van der Waals surface area contributed by atoms with E-state index in [4.69, 9.17) is 11.6 Å². The molecule has 94 valence electrons. The lowest BCUT2D eigenvalue weighted by Gasteiger charge is -2.05. The minimum atomic E-state index is -0.581. The number of carbonyl (C=O) groups is 1. The van der Waals surface area contributed by atoms with Gasteiger partial charge in [0, 0.05) is 11.4 Å². The average Bonchev–Trinajstić information content (AvgIpc) is 2.85. The summed E-state index contributed by atoms with van der Waals surface area (Å²) in [6, 6.07) is 5.03. The molecule has 0 fully saturated rings. The first kappa shape index (κ1) is 13.0. The standard InChI is InChI=1S/C12H10ClFN2OS/c13-11-10(6-8(14)7-16-11)12(17)15-4-3-9-2-1-5-18-9/h1-2,5-7H,3-4H2,(H,15,17). The topological polar surface area (TPSA) is 42.0 Å². The first-order valence-corrected chi connectivity index (χ1v) is 6.54. The molecular weight excluding hydrogens is 275 g/mol. The quantitative estimate of drug-likeness (QED) is 0.877. The van der Waals surface area contributed by atoms with Crippen molar-refractivity contribution in [2.45, 2.75) is 6.42 Å². The van der Waals surface area contributed by atoms with Crippen molar-refractivity contribution in [2.24, 2.45) is 0 Å². The van der Waals surface area contributed by atoms with Gasteiger partial charge in [-0.15, -0.1) is 11.3 Å². The molecular formula is C12H10ClFN2OS. The number of halogens is 2. The van der Waals surface area contributed by atoms with Crippen LogP contribution < -0.4 is 5.32 Å². The Morgan fingerprint density at radius 1 is 1.56 bits per heavy atom. The fraction of sp³-hybridized carbons (Fsp3) is 0.167. The number of nitrogens with one attached hydrogen (secondary N) is 1. The van der Waals surface area contributed by atoms with Gasteiger partial charge >= 0.3 is 0 Å². The van der Waals surface area contributed by atoms with E-state index < -0.39 is 11.7 Å². The number of thiophene rings is 1. The van der Waals surface area contributed by atoms with Crippen LogP contribution in [0.4, 0.5) is 4.39 Å². The van der Waals surface area contributed by atoms with Crippen molar-refractivity contribution in [1.29, 1.82) is 0 Å². The molecule has 0 spiro atoms. The lowest BCUT2D eigenvalue weighted by atomic mass is 10.2. The Bertz CT molecular complexity index is 545. The smallest absolute Gasteiger partial charge is 0.254 e. The lowest BCUT2D eigenvalue weighted by Crippen LogP contribution is -2.26. The maximum absolute atomic E-state index is 13.0. The summed E-state index contributed by atoms with van der Waals surface area (Å²) in [5, 5.41) is 4.66. The van der Waals surface area contributed by atoms with Gasteiger partial charge in [0.25, 0.3) is 5.91 Å². The molecule has 2 aromatic rings. The Morgan fingerprint density at radius 3 is 3.11 bits per heavy atom. The summed E-state index contributed by atoms with van der Waals surface area (Å²) in [6.07, 6.45) is 1.72. The van der Waals surface area contributed by atoms with E-state index in [9.17, 15) is 9.18 Å². The number of nitrogens with zero attached hydrogens (tertiary/aromatic N) is 1. The molecule has 1 amide bonds. The van der Waals surface area contributed by atoms with Gasteiger partial charge in [-0.2, -0.15) is 0 Å². The zero-order valence-electron chi connectivity index (χ0n) is 9.32. The van der Waals surface area contributed by atoms with Crippen LogP contribution in [-0.2, 0) is 6.42 Å². The van der Waals surface area contributed by atoms with Crippen LogP contribution in [0.5, 0.6) is 0 Å². The predicted octanol–water partition coefficient (Wildman–Crippen LogP) is 2.91. The van der Waals surface area contributed by atoms with Crippen molar-refractivity contribution in [1.82, 2.24) is 10.3 Å². The van der Waals surface area contributed by atoms with E-state index in [1.54, 1.807) is 11.3 Å². The summed E-state index contributed by atoms with van der Waals surface area (Å²) in [5.41, 5.74) is 0.0582. The normalized spacial score (nSPS) is 10.3. The summed E-state index contributed by atoms with van der Waals surface area (Å²) in [7, 11) is 0. The molecule has 0 aliphatic heterocycles. The molecule has 0 radical (unpaired) electrons. The zero-order valence-corrected chi connectivity index (χ0v) is 10.9. The van der Waals surface area contributed by atoms with Gasteiger partial charge in [0.1, 0.15) is 11.0 Å². The largest absolute Gasteiger partial charge is 0.352 e. The van der Waals surface area contributed by atoms with Crippen molar-refractivity contribution >= 4 is 28.8 Å². The second-order valence-electron chi connectivity index (χ2n) is 3.58. The highest BCUT2D eigenvalue weighted by molar-refractivity contribution is 7.09. The van der Waals surface area contributed by atoms with Crippen LogP contribution in [0, 0.1) is 5.82 Å². The summed E-state index contributed by atoms with van der Waals surface area (Å²) in [6.45, 7) is 0.478. The average molecular weight is 285 g/mol. The number of pyridine rings is 1. The second-order valence-corrected chi connectivity index (χ2v) is 4.97. The summed E-state index contributed by atoms with van der Waals surface area (Å²) in [5.74, 6) is -0.994. The molecule has 1 N–H and O–H groups in total. The van der Waals surface area contributed by atoms with Gasteiger partial charge in [-0.05, 0) is 23.9 Å². The molecule has 0 aliphatic carbocycles. The summed E-state index contributed by atoms with van der Waals surface area (Å²) in [4.78, 5) is 16.5. The minimum Gasteiger partial charge on any atom is -0.352 e. The summed E-state index contributed by atoms with van der Waals surface area (Å²) >= 11 is 7.36. The van der Waals surface area contributed by atoms with Crippen LogP contribution in [-0.4, -0.2) is 17.4 Å². The monoisotopic (exact) mass is 284 g/mol. The van der Waals surface area contributed by atoms with Crippen molar-refractivity contribution in [3.05, 3.63) is 51.2 Å². The molecule has 0 bridgehead atoms. The highest BCUT2D eigenvalue weighted by Gasteiger charge is 2.12. The first-order valence-electron chi connectivity index (χ1n) is 5.28. The Hall–Kier alpha value is -1.46. The number of hydrogen-bond donors (Lipinski definition) is 1. The molecule has 0 unspecified atom stereocenters. The Morgan fingerprint density at radius 2 is 2.39 bits per heavy atom. The highest BCUT2D eigenvalue weighted by Crippen LogP contribution is 2.13. The van der Waals surface area contributed by atoms with Crippen molar-refractivity contribution in [3.8, 4) is 0 Å². The van der Waals surface area contributed by atoms with Gasteiger partial charge in [0.15, 0.2) is 0 Å². The van der Waals surface area contributed by atoms with Crippen molar-refractivity contribution in [2.75, 3.05) is 6.54 Å². The molecule has 2 heterocycles. The number of carbonyl (C=O) groups excluding carboxylic acids is 1. The van der Waals surface area contributed by atoms with E-state index >= 15 is 0 Å². The molecule has 0 aromatic carbocycles. The SMILES string of the molecule is O=C(NCCc1cccs1)c1cc(F)cnc1Cl. The van der Waals surface area contributed by atoms with Gasteiger partial charge in [-0.3, -0.25) is 4.79 Å². The van der Waals surface area contributed by atoms with Gasteiger partial charge < -0.3 is 5.32 Å². The third-order valence-corrected chi connectivity index (χ3v) is 3.52. The molecule has 6 heteroatoms. The fourth-order valence-corrected chi connectivity index (χ4v) is 2.33. The summed E-state index contributed by atoms with van der Waals surface area (Å²) < 4.78 is 13.0. The number of rotatable bonds is 4. The molecule has 18 heavy (non-hydrogen) atoms. The van der Waals surface area contributed by atoms with Crippen LogP contribution in [0.1, 0.15) is 15.2 Å². The Balaban J connectivity index is 1.93. The van der Waals surface area contributed by atoms with E-state index in [0.29, 0.717) is 6.54 Å². The Labute approximate surface area is 113 Å². The third-order valence-electron chi connectivity index (χ3n) is 2.29. The van der Waals surface area contributed by atoms with E-state index in [2.05, 4.69) is 10.3 Å². The van der Waals surface area contributed by atoms with Crippen molar-refractivity contribution < 1.29 is 9.18 Å². The molecule has 2 rings (SSSR count). The van der Waals surface area contributed by atoms with E-state index in [0.717, 1.165) is 18.7 Å². The second kappa shape index (κ2) is 5.93. The molecule has 3 nitrogen and oxygen atoms in total. The van der Waals surface area contributed by atoms with E-state index in [-0.39, 0.29) is 10.7 Å². The maximum atomic E-state index is 13.0. The predicted molar refractivity (Wildman–Crippen MR) is 69.6 cm³/mol. The zero-order chi connectivity index (χ0) is 13.0. The van der Waals surface area contributed by atoms with Gasteiger partial charge in [0.05, 0.1) is 11.8 Å². The van der Waals surface area contributed by atoms with Crippen LogP contribution in [0.15, 0.2) is 29.8 Å². The van der Waals surface area contributed by atoms with Crippen LogP contribution in [0.2, 0.25) is 5.15 Å². The number of amides is 1. The van der Waals surface area contributed by atoms with Gasteiger partial charge in [-0.1, -0.05) is 17.7 Å². The molecule has 0 atom stereocenters. The van der Waals surface area contributed by atoms with Crippen LogP contribution in [0.25, 0.3) is 0 Å². The highest BCUT2D eigenvalue weighted by atomic mass is 35.5. The fourth-order valence-electron chi connectivity index (χ4n) is 1.43. The van der Waals surface area contributed by atoms with Gasteiger partial charge in [0.2, 0.25) is 0 Å². The van der Waals surface area contributed by atoms with Gasteiger partial charge in [-0.25, -0.2) is 9.37 Å². The number of hydrogen-bond acceptors (Lipinski definition) is 3. The lowest BCUT2D eigenvalue weighted by molar-refractivity contribution is 0.0953. The molecule has 0 aliphatic rings. The van der Waals surface area contributed by atoms with Crippen molar-refractivity contribution in [3.63, 3.8) is 0 Å². The molecule has 2 aromatic heterocycles. The van der Waals surface area contributed by atoms with E-state index in [1.807, 2.05) is 17.5 Å². The van der Waals surface area contributed by atoms with E-state index in [1.165, 1.54) is 4.88 Å². The Kier molecular flexibility index (Phi) is 4.28. The van der Waals surface area contributed by atoms with Crippen LogP contribution in [0.3, 0.4) is 0 Å². The maximum Gasteiger partial charge on any atom is 0.254 e. The number of aromatic nitrogens is 1. The van der Waals surface area contributed by atoms with Crippen LogP contribution >= 0.6 is 22.9 Å².